The van der Waals surface area contributed by atoms with Crippen LogP contribution in [0.1, 0.15) is 16.1 Å². The van der Waals surface area contributed by atoms with E-state index in [1.54, 1.807) is 0 Å². The molecule has 30 heavy (non-hydrogen) atoms. The lowest BCUT2D eigenvalue weighted by Gasteiger charge is -2.10. The second-order valence-corrected chi connectivity index (χ2v) is 7.12. The summed E-state index contributed by atoms with van der Waals surface area (Å²) in [6.07, 6.45) is 0. The zero-order valence-corrected chi connectivity index (χ0v) is 15.8. The number of benzene rings is 3. The maximum Gasteiger partial charge on any atom is 0.214 e. The van der Waals surface area contributed by atoms with Crippen molar-refractivity contribution in [2.45, 2.75) is 0 Å². The summed E-state index contributed by atoms with van der Waals surface area (Å²) in [5.74, 6) is -0.105. The third kappa shape index (κ3) is 2.39. The van der Waals surface area contributed by atoms with Crippen molar-refractivity contribution in [1.82, 2.24) is 20.2 Å². The van der Waals surface area contributed by atoms with E-state index in [-0.39, 0.29) is 5.78 Å². The Bertz CT molecular complexity index is 1450. The molecular formula is C25H14N4O. The van der Waals surface area contributed by atoms with E-state index in [0.29, 0.717) is 39.4 Å². The van der Waals surface area contributed by atoms with E-state index in [1.807, 2.05) is 84.9 Å². The minimum absolute atomic E-state index is 0.105. The van der Waals surface area contributed by atoms with E-state index in [2.05, 4.69) is 10.2 Å². The molecule has 0 saturated heterocycles. The van der Waals surface area contributed by atoms with E-state index in [0.717, 1.165) is 16.7 Å². The Morgan fingerprint density at radius 2 is 0.933 bits per heavy atom. The summed E-state index contributed by atoms with van der Waals surface area (Å²) in [7, 11) is 0. The highest BCUT2D eigenvalue weighted by Crippen LogP contribution is 2.38. The smallest absolute Gasteiger partial charge is 0.214 e. The summed E-state index contributed by atoms with van der Waals surface area (Å²) in [6, 6.07) is 27.0. The van der Waals surface area contributed by atoms with Gasteiger partial charge in [-0.2, -0.15) is 0 Å². The van der Waals surface area contributed by atoms with Crippen molar-refractivity contribution in [2.24, 2.45) is 0 Å². The Morgan fingerprint density at radius 3 is 1.50 bits per heavy atom. The number of fused-ring (bicyclic) bond motifs is 4. The first-order valence-corrected chi connectivity index (χ1v) is 9.64. The van der Waals surface area contributed by atoms with Gasteiger partial charge in [-0.05, 0) is 0 Å². The molecule has 140 valence electrons. The highest BCUT2D eigenvalue weighted by atomic mass is 16.1. The van der Waals surface area contributed by atoms with Crippen LogP contribution in [0.25, 0.3) is 44.8 Å². The summed E-state index contributed by atoms with van der Waals surface area (Å²) < 4.78 is 0. The van der Waals surface area contributed by atoms with Crippen LogP contribution < -0.4 is 0 Å². The fourth-order valence-corrected chi connectivity index (χ4v) is 3.90. The molecule has 0 fully saturated rings. The standard InChI is InChI=1S/C25H14N4O/c30-25-18-14-8-7-13-17(18)21-24(25)27-23-20(16-11-5-2-6-12-16)29-28-19(22(23)26-21)15-9-3-1-4-10-15/h1-14H. The quantitative estimate of drug-likeness (QED) is 0.420. The number of nitrogens with zero attached hydrogens (tertiary/aromatic N) is 4. The number of carbonyl (C=O) groups is 1. The number of ketones is 1. The molecule has 0 unspecified atom stereocenters. The predicted octanol–water partition coefficient (Wildman–Crippen LogP) is 4.97. The first-order valence-electron chi connectivity index (χ1n) is 9.64. The average molecular weight is 386 g/mol. The van der Waals surface area contributed by atoms with Gasteiger partial charge in [0.25, 0.3) is 0 Å². The number of aromatic nitrogens is 4. The molecule has 0 amide bonds. The van der Waals surface area contributed by atoms with Crippen LogP contribution in [0.2, 0.25) is 0 Å². The Morgan fingerprint density at radius 1 is 0.467 bits per heavy atom. The zero-order chi connectivity index (χ0) is 20.1. The van der Waals surface area contributed by atoms with Crippen LogP contribution in [-0.2, 0) is 0 Å². The first-order chi connectivity index (χ1) is 14.8. The molecule has 0 saturated carbocycles. The van der Waals surface area contributed by atoms with Crippen LogP contribution >= 0.6 is 0 Å². The minimum atomic E-state index is -0.105. The van der Waals surface area contributed by atoms with Gasteiger partial charge in [0.2, 0.25) is 5.78 Å². The molecule has 0 bridgehead atoms. The van der Waals surface area contributed by atoms with Gasteiger partial charge in [-0.3, -0.25) is 4.79 Å². The van der Waals surface area contributed by atoms with Gasteiger partial charge in [0.05, 0.1) is 0 Å². The van der Waals surface area contributed by atoms with Crippen LogP contribution in [0.4, 0.5) is 0 Å². The monoisotopic (exact) mass is 386 g/mol. The molecule has 0 aliphatic heterocycles. The van der Waals surface area contributed by atoms with Crippen molar-refractivity contribution in [2.75, 3.05) is 0 Å². The lowest BCUT2D eigenvalue weighted by Crippen LogP contribution is -2.04. The number of carbonyl (C=O) groups excluding carboxylic acids is 1. The molecule has 0 N–H and O–H groups in total. The third-order valence-corrected chi connectivity index (χ3v) is 5.33. The molecule has 6 rings (SSSR count). The molecule has 0 spiro atoms. The van der Waals surface area contributed by atoms with E-state index >= 15 is 0 Å². The molecule has 2 heterocycles. The van der Waals surface area contributed by atoms with Crippen molar-refractivity contribution >= 4 is 16.8 Å². The summed E-state index contributed by atoms with van der Waals surface area (Å²) in [5.41, 5.74) is 6.68. The molecule has 2 aromatic heterocycles. The summed E-state index contributed by atoms with van der Waals surface area (Å²) in [6.45, 7) is 0. The highest BCUT2D eigenvalue weighted by molar-refractivity contribution is 6.21. The van der Waals surface area contributed by atoms with Crippen molar-refractivity contribution in [3.63, 3.8) is 0 Å². The Balaban J connectivity index is 1.72. The van der Waals surface area contributed by atoms with E-state index < -0.39 is 0 Å². The van der Waals surface area contributed by atoms with Gasteiger partial charge in [0, 0.05) is 22.3 Å². The molecule has 3 aromatic carbocycles. The molecule has 5 aromatic rings. The average Bonchev–Trinajstić information content (AvgIpc) is 3.10. The summed E-state index contributed by atoms with van der Waals surface area (Å²) in [5, 5.41) is 9.01. The number of hydrogen-bond acceptors (Lipinski definition) is 5. The molecule has 1 aliphatic carbocycles. The van der Waals surface area contributed by atoms with Crippen molar-refractivity contribution < 1.29 is 4.79 Å². The van der Waals surface area contributed by atoms with Crippen molar-refractivity contribution in [3.05, 3.63) is 96.2 Å². The second-order valence-electron chi connectivity index (χ2n) is 7.12. The lowest BCUT2D eigenvalue weighted by atomic mass is 10.1. The Labute approximate surface area is 172 Å². The summed E-state index contributed by atoms with van der Waals surface area (Å²) in [4.78, 5) is 22.7. The van der Waals surface area contributed by atoms with Crippen LogP contribution in [0.3, 0.4) is 0 Å². The fraction of sp³-hybridized carbons (Fsp3) is 0. The second kappa shape index (κ2) is 6.39. The van der Waals surface area contributed by atoms with Gasteiger partial charge < -0.3 is 0 Å². The van der Waals surface area contributed by atoms with Crippen LogP contribution in [0.15, 0.2) is 84.9 Å². The largest absolute Gasteiger partial charge is 0.287 e. The molecule has 5 heteroatoms. The zero-order valence-electron chi connectivity index (χ0n) is 15.8. The van der Waals surface area contributed by atoms with Gasteiger partial charge in [0.15, 0.2) is 0 Å². The van der Waals surface area contributed by atoms with Gasteiger partial charge in [-0.25, -0.2) is 9.97 Å². The van der Waals surface area contributed by atoms with Gasteiger partial charge >= 0.3 is 0 Å². The number of hydrogen-bond donors (Lipinski definition) is 0. The van der Waals surface area contributed by atoms with Crippen LogP contribution in [-0.4, -0.2) is 25.9 Å². The SMILES string of the molecule is O=C1c2ccccc2-c2nc3c(-c4ccccc4)nnc(-c4ccccc4)c3nc21. The molecule has 0 radical (unpaired) electrons. The highest BCUT2D eigenvalue weighted by Gasteiger charge is 2.31. The van der Waals surface area contributed by atoms with E-state index in [4.69, 9.17) is 9.97 Å². The van der Waals surface area contributed by atoms with Gasteiger partial charge in [-0.15, -0.1) is 10.2 Å². The van der Waals surface area contributed by atoms with Gasteiger partial charge in [0.1, 0.15) is 33.8 Å². The fourth-order valence-electron chi connectivity index (χ4n) is 3.90. The first kappa shape index (κ1) is 16.7. The molecule has 0 atom stereocenters. The minimum Gasteiger partial charge on any atom is -0.287 e. The normalized spacial score (nSPS) is 12.1. The molecule has 1 aliphatic rings. The van der Waals surface area contributed by atoms with Crippen LogP contribution in [0.5, 0.6) is 0 Å². The topological polar surface area (TPSA) is 68.6 Å². The maximum atomic E-state index is 13.0. The predicted molar refractivity (Wildman–Crippen MR) is 115 cm³/mol. The van der Waals surface area contributed by atoms with E-state index in [1.165, 1.54) is 0 Å². The summed E-state index contributed by atoms with van der Waals surface area (Å²) >= 11 is 0. The Hall–Kier alpha value is -4.25. The van der Waals surface area contributed by atoms with Crippen molar-refractivity contribution in [3.8, 4) is 33.8 Å². The van der Waals surface area contributed by atoms with Gasteiger partial charge in [-0.1, -0.05) is 84.9 Å². The van der Waals surface area contributed by atoms with Crippen molar-refractivity contribution in [1.29, 1.82) is 0 Å². The molecule has 5 nitrogen and oxygen atoms in total. The van der Waals surface area contributed by atoms with E-state index in [9.17, 15) is 4.79 Å². The third-order valence-electron chi connectivity index (χ3n) is 5.33. The number of rotatable bonds is 2. The van der Waals surface area contributed by atoms with Crippen LogP contribution in [0, 0.1) is 0 Å². The Kier molecular flexibility index (Phi) is 3.55. The molecular weight excluding hydrogens is 372 g/mol. The lowest BCUT2D eigenvalue weighted by molar-refractivity contribution is 0.103. The maximum absolute atomic E-state index is 13.0.